The largest absolute Gasteiger partial charge is 0.370 e. The Hall–Kier alpha value is -0.680. The minimum absolute atomic E-state index is 0.735. The van der Waals surface area contributed by atoms with Gasteiger partial charge in [0.1, 0.15) is 18.1 Å². The summed E-state index contributed by atoms with van der Waals surface area (Å²) >= 11 is 11.2. The average Bonchev–Trinajstić information content (AvgIpc) is 2.40. The third-order valence-electron chi connectivity index (χ3n) is 3.07. The van der Waals surface area contributed by atoms with Crippen molar-refractivity contribution < 1.29 is 9.64 Å². The van der Waals surface area contributed by atoms with E-state index in [1.807, 2.05) is 24.3 Å². The average molecular weight is 286 g/mol. The maximum absolute atomic E-state index is 5.84. The lowest BCUT2D eigenvalue weighted by molar-refractivity contribution is -0.906. The molecular formula is C13H18ClN2OS+. The summed E-state index contributed by atoms with van der Waals surface area (Å²) in [5.74, 6) is 0. The molecule has 2 rings (SSSR count). The van der Waals surface area contributed by atoms with Gasteiger partial charge >= 0.3 is 0 Å². The number of benzene rings is 1. The fourth-order valence-corrected chi connectivity index (χ4v) is 2.33. The van der Waals surface area contributed by atoms with Gasteiger partial charge in [-0.2, -0.15) is 0 Å². The van der Waals surface area contributed by atoms with Crippen LogP contribution >= 0.6 is 23.8 Å². The highest BCUT2D eigenvalue weighted by atomic mass is 35.5. The van der Waals surface area contributed by atoms with Crippen LogP contribution in [0.4, 0.5) is 0 Å². The summed E-state index contributed by atoms with van der Waals surface area (Å²) in [6.45, 7) is 5.91. The maximum Gasteiger partial charge on any atom is 0.106 e. The SMILES string of the molecule is S=C(NCC[NH+]1CCOCC1)c1ccc(Cl)cc1. The van der Waals surface area contributed by atoms with E-state index >= 15 is 0 Å². The summed E-state index contributed by atoms with van der Waals surface area (Å²) < 4.78 is 5.33. The number of nitrogens with one attached hydrogen (secondary N) is 2. The van der Waals surface area contributed by atoms with Gasteiger partial charge in [0.05, 0.1) is 26.3 Å². The first-order valence-electron chi connectivity index (χ1n) is 6.21. The summed E-state index contributed by atoms with van der Waals surface area (Å²) in [7, 11) is 0. The van der Waals surface area contributed by atoms with Crippen LogP contribution in [-0.4, -0.2) is 44.4 Å². The lowest BCUT2D eigenvalue weighted by Gasteiger charge is -2.23. The molecule has 1 saturated heterocycles. The normalized spacial score (nSPS) is 16.5. The minimum atomic E-state index is 0.735. The lowest BCUT2D eigenvalue weighted by atomic mass is 10.2. The summed E-state index contributed by atoms with van der Waals surface area (Å²) in [6, 6.07) is 7.61. The van der Waals surface area contributed by atoms with Crippen molar-refractivity contribution in [2.75, 3.05) is 39.4 Å². The van der Waals surface area contributed by atoms with Crippen molar-refractivity contribution in [1.82, 2.24) is 5.32 Å². The first-order chi connectivity index (χ1) is 8.75. The van der Waals surface area contributed by atoms with E-state index < -0.39 is 0 Å². The van der Waals surface area contributed by atoms with Gasteiger partial charge in [-0.15, -0.1) is 0 Å². The van der Waals surface area contributed by atoms with Crippen LogP contribution in [0.3, 0.4) is 0 Å². The Kier molecular flexibility index (Phi) is 5.38. The molecule has 0 spiro atoms. The van der Waals surface area contributed by atoms with Crippen LogP contribution in [0, 0.1) is 0 Å². The molecule has 0 aliphatic carbocycles. The Balaban J connectivity index is 1.72. The Bertz CT molecular complexity index is 390. The van der Waals surface area contributed by atoms with Crippen molar-refractivity contribution >= 4 is 28.8 Å². The predicted octanol–water partition coefficient (Wildman–Crippen LogP) is 0.520. The van der Waals surface area contributed by atoms with Crippen LogP contribution in [0.1, 0.15) is 5.56 Å². The van der Waals surface area contributed by atoms with Gasteiger partial charge in [-0.3, -0.25) is 0 Å². The molecule has 1 fully saturated rings. The molecule has 1 aromatic carbocycles. The molecule has 0 unspecified atom stereocenters. The highest BCUT2D eigenvalue weighted by Crippen LogP contribution is 2.09. The smallest absolute Gasteiger partial charge is 0.106 e. The molecule has 2 N–H and O–H groups in total. The number of thiocarbonyl (C=S) groups is 1. The molecule has 0 aromatic heterocycles. The number of hydrogen-bond acceptors (Lipinski definition) is 2. The van der Waals surface area contributed by atoms with Crippen molar-refractivity contribution in [2.24, 2.45) is 0 Å². The van der Waals surface area contributed by atoms with Crippen LogP contribution in [0.2, 0.25) is 5.02 Å². The molecule has 3 nitrogen and oxygen atoms in total. The van der Waals surface area contributed by atoms with Crippen molar-refractivity contribution in [3.8, 4) is 0 Å². The second-order valence-electron chi connectivity index (χ2n) is 4.38. The van der Waals surface area contributed by atoms with E-state index in [-0.39, 0.29) is 0 Å². The monoisotopic (exact) mass is 285 g/mol. The Morgan fingerprint density at radius 2 is 1.94 bits per heavy atom. The zero-order valence-electron chi connectivity index (χ0n) is 10.2. The van der Waals surface area contributed by atoms with Crippen molar-refractivity contribution in [1.29, 1.82) is 0 Å². The van der Waals surface area contributed by atoms with Gasteiger partial charge in [0, 0.05) is 10.6 Å². The van der Waals surface area contributed by atoms with Crippen molar-refractivity contribution in [3.63, 3.8) is 0 Å². The van der Waals surface area contributed by atoms with Crippen LogP contribution in [0.5, 0.6) is 0 Å². The molecule has 1 aliphatic rings. The van der Waals surface area contributed by atoms with E-state index in [2.05, 4.69) is 5.32 Å². The molecule has 0 saturated carbocycles. The van der Waals surface area contributed by atoms with E-state index in [4.69, 9.17) is 28.6 Å². The molecule has 18 heavy (non-hydrogen) atoms. The second-order valence-corrected chi connectivity index (χ2v) is 5.22. The maximum atomic E-state index is 5.84. The first-order valence-corrected chi connectivity index (χ1v) is 6.99. The van der Waals surface area contributed by atoms with Gasteiger partial charge in [0.25, 0.3) is 0 Å². The zero-order chi connectivity index (χ0) is 12.8. The van der Waals surface area contributed by atoms with Crippen molar-refractivity contribution in [2.45, 2.75) is 0 Å². The van der Waals surface area contributed by atoms with E-state index in [9.17, 15) is 0 Å². The molecule has 0 atom stereocenters. The third-order valence-corrected chi connectivity index (χ3v) is 3.70. The molecule has 0 bridgehead atoms. The van der Waals surface area contributed by atoms with E-state index in [1.54, 1.807) is 4.90 Å². The van der Waals surface area contributed by atoms with Crippen LogP contribution in [0.15, 0.2) is 24.3 Å². The number of ether oxygens (including phenoxy) is 1. The van der Waals surface area contributed by atoms with Gasteiger partial charge in [-0.05, 0) is 12.1 Å². The molecule has 5 heteroatoms. The molecule has 0 amide bonds. The highest BCUT2D eigenvalue weighted by molar-refractivity contribution is 7.80. The molecular weight excluding hydrogens is 268 g/mol. The minimum Gasteiger partial charge on any atom is -0.370 e. The zero-order valence-corrected chi connectivity index (χ0v) is 11.8. The summed E-state index contributed by atoms with van der Waals surface area (Å²) in [4.78, 5) is 2.37. The van der Waals surface area contributed by atoms with Gasteiger partial charge < -0.3 is 15.0 Å². The predicted molar refractivity (Wildman–Crippen MR) is 77.5 cm³/mol. The van der Waals surface area contributed by atoms with E-state index in [1.165, 1.54) is 0 Å². The summed E-state index contributed by atoms with van der Waals surface area (Å²) in [6.07, 6.45) is 0. The fraction of sp³-hybridized carbons (Fsp3) is 0.462. The Morgan fingerprint density at radius 1 is 1.28 bits per heavy atom. The molecule has 1 heterocycles. The number of hydrogen-bond donors (Lipinski definition) is 2. The number of morpholine rings is 1. The first kappa shape index (κ1) is 13.7. The molecule has 1 aromatic rings. The topological polar surface area (TPSA) is 25.7 Å². The van der Waals surface area contributed by atoms with Crippen LogP contribution < -0.4 is 10.2 Å². The van der Waals surface area contributed by atoms with Crippen LogP contribution in [0.25, 0.3) is 0 Å². The Morgan fingerprint density at radius 3 is 2.61 bits per heavy atom. The van der Waals surface area contributed by atoms with E-state index in [0.717, 1.165) is 55.0 Å². The van der Waals surface area contributed by atoms with Gasteiger partial charge in [0.2, 0.25) is 0 Å². The molecule has 98 valence electrons. The van der Waals surface area contributed by atoms with Gasteiger partial charge in [-0.25, -0.2) is 0 Å². The number of halogens is 1. The van der Waals surface area contributed by atoms with E-state index in [0.29, 0.717) is 0 Å². The molecule has 0 radical (unpaired) electrons. The summed E-state index contributed by atoms with van der Waals surface area (Å²) in [5.41, 5.74) is 1.02. The fourth-order valence-electron chi connectivity index (χ4n) is 1.97. The molecule has 1 aliphatic heterocycles. The number of quaternary nitrogens is 1. The van der Waals surface area contributed by atoms with Gasteiger partial charge in [-0.1, -0.05) is 36.0 Å². The lowest BCUT2D eigenvalue weighted by Crippen LogP contribution is -3.14. The third kappa shape index (κ3) is 4.21. The quantitative estimate of drug-likeness (QED) is 0.790. The Labute approximate surface area is 118 Å². The standard InChI is InChI=1S/C13H17ClN2OS/c14-12-3-1-11(2-4-12)13(18)15-5-6-16-7-9-17-10-8-16/h1-4H,5-10H2,(H,15,18)/p+1. The second kappa shape index (κ2) is 7.04. The number of rotatable bonds is 4. The summed E-state index contributed by atoms with van der Waals surface area (Å²) in [5, 5.41) is 4.03. The highest BCUT2D eigenvalue weighted by Gasteiger charge is 2.13. The van der Waals surface area contributed by atoms with Crippen LogP contribution in [-0.2, 0) is 4.74 Å². The van der Waals surface area contributed by atoms with Crippen molar-refractivity contribution in [3.05, 3.63) is 34.9 Å². The van der Waals surface area contributed by atoms with Gasteiger partial charge in [0.15, 0.2) is 0 Å².